The van der Waals surface area contributed by atoms with Crippen molar-refractivity contribution in [1.29, 1.82) is 0 Å². The summed E-state index contributed by atoms with van der Waals surface area (Å²) in [4.78, 5) is 13.8. The van der Waals surface area contributed by atoms with E-state index in [4.69, 9.17) is 0 Å². The lowest BCUT2D eigenvalue weighted by molar-refractivity contribution is -0.130. The summed E-state index contributed by atoms with van der Waals surface area (Å²) in [6, 6.07) is 0. The summed E-state index contributed by atoms with van der Waals surface area (Å²) in [5.74, 6) is 0.286. The molecule has 1 atom stereocenters. The van der Waals surface area contributed by atoms with Crippen molar-refractivity contribution in [3.8, 4) is 0 Å². The van der Waals surface area contributed by atoms with Crippen LogP contribution in [0.4, 0.5) is 0 Å². The Labute approximate surface area is 73.1 Å². The summed E-state index contributed by atoms with van der Waals surface area (Å²) in [6.07, 6.45) is 3.29. The summed E-state index contributed by atoms with van der Waals surface area (Å²) >= 11 is 0. The average Bonchev–Trinajstić information content (AvgIpc) is 2.33. The number of hydrogen-bond acceptors (Lipinski definition) is 2. The molecule has 2 rings (SSSR count). The van der Waals surface area contributed by atoms with Gasteiger partial charge in [-0.05, 0) is 32.9 Å². The van der Waals surface area contributed by atoms with Gasteiger partial charge < -0.3 is 10.2 Å². The molecule has 0 radical (unpaired) electrons. The van der Waals surface area contributed by atoms with Crippen molar-refractivity contribution in [2.24, 2.45) is 5.41 Å². The third kappa shape index (κ3) is 1.12. The number of carbonyl (C=O) groups excluding carboxylic acids is 1. The van der Waals surface area contributed by atoms with Crippen LogP contribution in [0.2, 0.25) is 0 Å². The largest absolute Gasteiger partial charge is 0.356 e. The fourth-order valence-corrected chi connectivity index (χ4v) is 2.47. The maximum Gasteiger partial charge on any atom is 0.227 e. The van der Waals surface area contributed by atoms with Crippen LogP contribution in [0, 0.1) is 5.41 Å². The molecule has 0 aromatic rings. The van der Waals surface area contributed by atoms with Gasteiger partial charge in [0.25, 0.3) is 0 Å². The SMILES string of the molecule is CN1CCC[C@@]2(CCNC2=O)C1. The predicted octanol–water partition coefficient (Wildman–Crippen LogP) is 0.218. The molecule has 0 aromatic carbocycles. The number of likely N-dealkylation sites (tertiary alicyclic amines) is 1. The first-order valence-electron chi connectivity index (χ1n) is 4.70. The Morgan fingerprint density at radius 1 is 1.50 bits per heavy atom. The second-order valence-electron chi connectivity index (χ2n) is 4.13. The quantitative estimate of drug-likeness (QED) is 0.561. The van der Waals surface area contributed by atoms with Crippen molar-refractivity contribution >= 4 is 5.91 Å². The summed E-state index contributed by atoms with van der Waals surface area (Å²) in [7, 11) is 2.10. The van der Waals surface area contributed by atoms with Gasteiger partial charge in [-0.25, -0.2) is 0 Å². The van der Waals surface area contributed by atoms with Gasteiger partial charge in [0.2, 0.25) is 5.91 Å². The second-order valence-corrected chi connectivity index (χ2v) is 4.13. The molecule has 12 heavy (non-hydrogen) atoms. The van der Waals surface area contributed by atoms with Crippen LogP contribution in [0.5, 0.6) is 0 Å². The van der Waals surface area contributed by atoms with Crippen LogP contribution in [0.15, 0.2) is 0 Å². The number of rotatable bonds is 0. The molecule has 3 nitrogen and oxygen atoms in total. The molecule has 2 heterocycles. The minimum absolute atomic E-state index is 0.0208. The van der Waals surface area contributed by atoms with E-state index in [1.165, 1.54) is 6.42 Å². The number of piperidine rings is 1. The minimum Gasteiger partial charge on any atom is -0.356 e. The van der Waals surface area contributed by atoms with E-state index >= 15 is 0 Å². The molecule has 0 unspecified atom stereocenters. The van der Waals surface area contributed by atoms with Gasteiger partial charge in [-0.15, -0.1) is 0 Å². The predicted molar refractivity (Wildman–Crippen MR) is 46.8 cm³/mol. The van der Waals surface area contributed by atoms with Crippen molar-refractivity contribution < 1.29 is 4.79 Å². The highest BCUT2D eigenvalue weighted by atomic mass is 16.2. The molecular formula is C9H16N2O. The van der Waals surface area contributed by atoms with E-state index in [1.54, 1.807) is 0 Å². The van der Waals surface area contributed by atoms with Crippen LogP contribution in [-0.2, 0) is 4.79 Å². The molecule has 0 aromatic heterocycles. The van der Waals surface area contributed by atoms with E-state index in [1.807, 2.05) is 0 Å². The van der Waals surface area contributed by atoms with Crippen molar-refractivity contribution in [3.63, 3.8) is 0 Å². The molecule has 2 fully saturated rings. The topological polar surface area (TPSA) is 32.3 Å². The maximum atomic E-state index is 11.6. The van der Waals surface area contributed by atoms with Crippen molar-refractivity contribution in [3.05, 3.63) is 0 Å². The summed E-state index contributed by atoms with van der Waals surface area (Å²) in [5.41, 5.74) is -0.0208. The molecular weight excluding hydrogens is 152 g/mol. The van der Waals surface area contributed by atoms with Gasteiger partial charge in [-0.2, -0.15) is 0 Å². The Morgan fingerprint density at radius 3 is 2.92 bits per heavy atom. The van der Waals surface area contributed by atoms with Crippen LogP contribution in [0.1, 0.15) is 19.3 Å². The van der Waals surface area contributed by atoms with Crippen LogP contribution in [-0.4, -0.2) is 37.5 Å². The van der Waals surface area contributed by atoms with Gasteiger partial charge in [0.05, 0.1) is 5.41 Å². The first-order chi connectivity index (χ1) is 5.73. The van der Waals surface area contributed by atoms with Crippen LogP contribution >= 0.6 is 0 Å². The molecule has 2 aliphatic heterocycles. The third-order valence-electron chi connectivity index (χ3n) is 3.14. The lowest BCUT2D eigenvalue weighted by Crippen LogP contribution is -2.45. The van der Waals surface area contributed by atoms with Gasteiger partial charge in [0.15, 0.2) is 0 Å². The lowest BCUT2D eigenvalue weighted by Gasteiger charge is -2.36. The summed E-state index contributed by atoms with van der Waals surface area (Å²) < 4.78 is 0. The summed E-state index contributed by atoms with van der Waals surface area (Å²) in [5, 5.41) is 2.93. The number of amides is 1. The first kappa shape index (κ1) is 8.05. The van der Waals surface area contributed by atoms with Gasteiger partial charge in [-0.3, -0.25) is 4.79 Å². The van der Waals surface area contributed by atoms with E-state index in [0.717, 1.165) is 32.5 Å². The third-order valence-corrected chi connectivity index (χ3v) is 3.14. The molecule has 3 heteroatoms. The van der Waals surface area contributed by atoms with E-state index in [2.05, 4.69) is 17.3 Å². The number of carbonyl (C=O) groups is 1. The fraction of sp³-hybridized carbons (Fsp3) is 0.889. The van der Waals surface area contributed by atoms with E-state index < -0.39 is 0 Å². The smallest absolute Gasteiger partial charge is 0.227 e. The molecule has 1 amide bonds. The number of nitrogens with one attached hydrogen (secondary N) is 1. The molecule has 0 saturated carbocycles. The van der Waals surface area contributed by atoms with Crippen molar-refractivity contribution in [1.82, 2.24) is 10.2 Å². The monoisotopic (exact) mass is 168 g/mol. The van der Waals surface area contributed by atoms with Crippen LogP contribution < -0.4 is 5.32 Å². The van der Waals surface area contributed by atoms with E-state index in [0.29, 0.717) is 0 Å². The van der Waals surface area contributed by atoms with Gasteiger partial charge in [-0.1, -0.05) is 0 Å². The van der Waals surface area contributed by atoms with E-state index in [9.17, 15) is 4.79 Å². The molecule has 0 aliphatic carbocycles. The van der Waals surface area contributed by atoms with Crippen LogP contribution in [0.3, 0.4) is 0 Å². The Hall–Kier alpha value is -0.570. The van der Waals surface area contributed by atoms with Crippen molar-refractivity contribution in [2.75, 3.05) is 26.7 Å². The highest BCUT2D eigenvalue weighted by Gasteiger charge is 2.44. The van der Waals surface area contributed by atoms with Gasteiger partial charge >= 0.3 is 0 Å². The van der Waals surface area contributed by atoms with E-state index in [-0.39, 0.29) is 11.3 Å². The van der Waals surface area contributed by atoms with Gasteiger partial charge in [0, 0.05) is 13.1 Å². The van der Waals surface area contributed by atoms with Gasteiger partial charge in [0.1, 0.15) is 0 Å². The molecule has 1 spiro atoms. The zero-order valence-corrected chi connectivity index (χ0v) is 7.60. The average molecular weight is 168 g/mol. The Bertz CT molecular complexity index is 205. The molecule has 68 valence electrons. The standard InChI is InChI=1S/C9H16N2O/c1-11-6-2-3-9(7-11)4-5-10-8(9)12/h2-7H2,1H3,(H,10,12)/t9-/m1/s1. The molecule has 2 saturated heterocycles. The van der Waals surface area contributed by atoms with Crippen LogP contribution in [0.25, 0.3) is 0 Å². The fourth-order valence-electron chi connectivity index (χ4n) is 2.47. The zero-order chi connectivity index (χ0) is 8.60. The molecule has 1 N–H and O–H groups in total. The number of hydrogen-bond donors (Lipinski definition) is 1. The minimum atomic E-state index is -0.0208. The highest BCUT2D eigenvalue weighted by Crippen LogP contribution is 2.35. The second kappa shape index (κ2) is 2.73. The first-order valence-corrected chi connectivity index (χ1v) is 4.70. The lowest BCUT2D eigenvalue weighted by atomic mass is 9.79. The maximum absolute atomic E-state index is 11.6. The zero-order valence-electron chi connectivity index (χ0n) is 7.60. The highest BCUT2D eigenvalue weighted by molar-refractivity contribution is 5.85. The normalized spacial score (nSPS) is 37.2. The number of nitrogens with zero attached hydrogens (tertiary/aromatic N) is 1. The molecule has 0 bridgehead atoms. The Morgan fingerprint density at radius 2 is 2.33 bits per heavy atom. The Balaban J connectivity index is 2.13. The molecule has 2 aliphatic rings. The Kier molecular flexibility index (Phi) is 1.83. The van der Waals surface area contributed by atoms with Crippen molar-refractivity contribution in [2.45, 2.75) is 19.3 Å². The summed E-state index contributed by atoms with van der Waals surface area (Å²) in [6.45, 7) is 2.99.